The van der Waals surface area contributed by atoms with E-state index in [9.17, 15) is 22.8 Å². The predicted molar refractivity (Wildman–Crippen MR) is 50.6 cm³/mol. The lowest BCUT2D eigenvalue weighted by atomic mass is 10.2. The third kappa shape index (κ3) is 2.50. The number of aromatic nitrogens is 2. The average molecular weight is 263 g/mol. The molecule has 0 atom stereocenters. The largest absolute Gasteiger partial charge is 0.491 e. The number of nitrogens with zero attached hydrogens (tertiary/aromatic N) is 2. The Balaban J connectivity index is 2.00. The van der Waals surface area contributed by atoms with E-state index in [1.54, 1.807) is 4.57 Å². The number of hydrogen-bond donors (Lipinski definition) is 1. The quantitative estimate of drug-likeness (QED) is 0.612. The lowest BCUT2D eigenvalue weighted by Crippen LogP contribution is -2.42. The summed E-state index contributed by atoms with van der Waals surface area (Å²) in [6.45, 7) is 1.37. The highest BCUT2D eigenvalue weighted by Gasteiger charge is 2.42. The molecule has 0 aliphatic carbocycles. The fourth-order valence-corrected chi connectivity index (χ4v) is 1.32. The van der Waals surface area contributed by atoms with Crippen LogP contribution in [0.5, 0.6) is 0 Å². The van der Waals surface area contributed by atoms with Crippen molar-refractivity contribution in [1.29, 1.82) is 0 Å². The molecule has 0 saturated carbocycles. The van der Waals surface area contributed by atoms with E-state index < -0.39 is 18.1 Å². The first-order valence-corrected chi connectivity index (χ1v) is 4.95. The van der Waals surface area contributed by atoms with Gasteiger partial charge in [0.1, 0.15) is 0 Å². The molecular weight excluding hydrogens is 255 g/mol. The zero-order valence-electron chi connectivity index (χ0n) is 8.90. The number of ether oxygens (including phenoxy) is 1. The number of carbonyl (C=O) groups excluding carboxylic acids is 2. The summed E-state index contributed by atoms with van der Waals surface area (Å²) < 4.78 is 40.8. The molecule has 0 bridgehead atoms. The van der Waals surface area contributed by atoms with Crippen LogP contribution in [0.4, 0.5) is 13.2 Å². The number of esters is 2. The molecule has 18 heavy (non-hydrogen) atoms. The van der Waals surface area contributed by atoms with Gasteiger partial charge in [0.05, 0.1) is 12.4 Å². The minimum absolute atomic E-state index is 0.109. The number of nitrogens with one attached hydrogen (secondary N) is 1. The summed E-state index contributed by atoms with van der Waals surface area (Å²) in [5.74, 6) is -3.96. The van der Waals surface area contributed by atoms with Gasteiger partial charge in [0.15, 0.2) is 5.69 Å². The van der Waals surface area contributed by atoms with Crippen LogP contribution < -0.4 is 5.32 Å². The van der Waals surface area contributed by atoms with Crippen molar-refractivity contribution in [1.82, 2.24) is 14.9 Å². The second kappa shape index (κ2) is 4.41. The molecule has 2 rings (SSSR count). The van der Waals surface area contributed by atoms with E-state index in [1.165, 1.54) is 12.5 Å². The van der Waals surface area contributed by atoms with Gasteiger partial charge in [-0.2, -0.15) is 13.2 Å². The standard InChI is InChI=1S/C9H8F3N3O3/c10-9(11,12)8(17)18-7(16)6-3-15(4-14-6)5-1-13-2-5/h3-5,13H,1-2H2. The van der Waals surface area contributed by atoms with Crippen LogP contribution in [-0.2, 0) is 9.53 Å². The number of alkyl halides is 3. The van der Waals surface area contributed by atoms with Crippen molar-refractivity contribution in [2.75, 3.05) is 13.1 Å². The van der Waals surface area contributed by atoms with Crippen LogP contribution in [0.15, 0.2) is 12.5 Å². The molecule has 0 spiro atoms. The molecule has 2 heterocycles. The van der Waals surface area contributed by atoms with Crippen LogP contribution in [0, 0.1) is 0 Å². The predicted octanol–water partition coefficient (Wildman–Crippen LogP) is 0.273. The van der Waals surface area contributed by atoms with E-state index >= 15 is 0 Å². The molecule has 0 radical (unpaired) electrons. The molecule has 0 aromatic carbocycles. The second-order valence-corrected chi connectivity index (χ2v) is 3.69. The third-order valence-electron chi connectivity index (χ3n) is 2.41. The Labute approximate surface area is 98.7 Å². The maximum atomic E-state index is 11.9. The molecule has 1 N–H and O–H groups in total. The van der Waals surface area contributed by atoms with Gasteiger partial charge in [-0.15, -0.1) is 0 Å². The van der Waals surface area contributed by atoms with E-state index in [0.717, 1.165) is 0 Å². The van der Waals surface area contributed by atoms with Crippen LogP contribution in [-0.4, -0.2) is 40.8 Å². The van der Waals surface area contributed by atoms with Gasteiger partial charge >= 0.3 is 18.1 Å². The molecule has 0 unspecified atom stereocenters. The Kier molecular flexibility index (Phi) is 3.07. The van der Waals surface area contributed by atoms with E-state index in [2.05, 4.69) is 15.0 Å². The van der Waals surface area contributed by atoms with Gasteiger partial charge in [-0.25, -0.2) is 14.6 Å². The number of halogens is 3. The molecule has 1 aromatic rings. The van der Waals surface area contributed by atoms with Gasteiger partial charge in [0.25, 0.3) is 0 Å². The topological polar surface area (TPSA) is 73.2 Å². The molecular formula is C9H8F3N3O3. The third-order valence-corrected chi connectivity index (χ3v) is 2.41. The number of imidazole rings is 1. The van der Waals surface area contributed by atoms with Gasteiger partial charge < -0.3 is 14.6 Å². The zero-order chi connectivity index (χ0) is 13.3. The zero-order valence-corrected chi connectivity index (χ0v) is 8.90. The Morgan fingerprint density at radius 2 is 2.11 bits per heavy atom. The van der Waals surface area contributed by atoms with Gasteiger partial charge in [0, 0.05) is 19.3 Å². The summed E-state index contributed by atoms with van der Waals surface area (Å²) >= 11 is 0. The first-order chi connectivity index (χ1) is 8.38. The Hall–Kier alpha value is -1.90. The van der Waals surface area contributed by atoms with Crippen molar-refractivity contribution in [2.45, 2.75) is 12.2 Å². The number of hydrogen-bond acceptors (Lipinski definition) is 5. The molecule has 1 aromatic heterocycles. The summed E-state index contributed by atoms with van der Waals surface area (Å²) in [6.07, 6.45) is -2.65. The van der Waals surface area contributed by atoms with Crippen LogP contribution in [0.25, 0.3) is 0 Å². The van der Waals surface area contributed by atoms with Crippen molar-refractivity contribution < 1.29 is 27.5 Å². The van der Waals surface area contributed by atoms with Crippen LogP contribution in [0.2, 0.25) is 0 Å². The monoisotopic (exact) mass is 263 g/mol. The van der Waals surface area contributed by atoms with Gasteiger partial charge in [0.2, 0.25) is 0 Å². The van der Waals surface area contributed by atoms with Crippen LogP contribution in [0.1, 0.15) is 16.5 Å². The molecule has 1 aliphatic rings. The summed E-state index contributed by atoms with van der Waals surface area (Å²) in [6, 6.07) is 0.109. The Morgan fingerprint density at radius 1 is 1.44 bits per heavy atom. The van der Waals surface area contributed by atoms with Crippen molar-refractivity contribution in [3.8, 4) is 0 Å². The summed E-state index contributed by atoms with van der Waals surface area (Å²) in [7, 11) is 0. The fraction of sp³-hybridized carbons (Fsp3) is 0.444. The van der Waals surface area contributed by atoms with Gasteiger partial charge in [-0.3, -0.25) is 0 Å². The van der Waals surface area contributed by atoms with E-state index in [4.69, 9.17) is 0 Å². The normalized spacial score (nSPS) is 16.2. The smallest absolute Gasteiger partial charge is 0.381 e. The first kappa shape index (κ1) is 12.6. The number of rotatable bonds is 2. The maximum absolute atomic E-state index is 11.9. The molecule has 6 nitrogen and oxygen atoms in total. The fourth-order valence-electron chi connectivity index (χ4n) is 1.32. The van der Waals surface area contributed by atoms with Crippen molar-refractivity contribution >= 4 is 11.9 Å². The Bertz CT molecular complexity index is 479. The Morgan fingerprint density at radius 3 is 2.61 bits per heavy atom. The number of carbonyl (C=O) groups is 2. The summed E-state index contributed by atoms with van der Waals surface area (Å²) in [4.78, 5) is 25.2. The summed E-state index contributed by atoms with van der Waals surface area (Å²) in [5, 5.41) is 2.98. The maximum Gasteiger partial charge on any atom is 0.491 e. The minimum Gasteiger partial charge on any atom is -0.381 e. The van der Waals surface area contributed by atoms with Gasteiger partial charge in [-0.1, -0.05) is 0 Å². The molecule has 1 fully saturated rings. The minimum atomic E-state index is -5.20. The molecule has 9 heteroatoms. The van der Waals surface area contributed by atoms with E-state index in [1.807, 2.05) is 0 Å². The molecule has 1 saturated heterocycles. The van der Waals surface area contributed by atoms with Crippen molar-refractivity contribution in [3.05, 3.63) is 18.2 Å². The van der Waals surface area contributed by atoms with E-state index in [0.29, 0.717) is 13.1 Å². The van der Waals surface area contributed by atoms with E-state index in [-0.39, 0.29) is 11.7 Å². The second-order valence-electron chi connectivity index (χ2n) is 3.69. The summed E-state index contributed by atoms with van der Waals surface area (Å²) in [5.41, 5.74) is -0.334. The lowest BCUT2D eigenvalue weighted by Gasteiger charge is -2.27. The van der Waals surface area contributed by atoms with Gasteiger partial charge in [-0.05, 0) is 0 Å². The highest BCUT2D eigenvalue weighted by atomic mass is 19.4. The average Bonchev–Trinajstić information content (AvgIpc) is 2.62. The molecule has 0 amide bonds. The molecule has 98 valence electrons. The molecule has 1 aliphatic heterocycles. The van der Waals surface area contributed by atoms with Crippen molar-refractivity contribution in [3.63, 3.8) is 0 Å². The van der Waals surface area contributed by atoms with Crippen molar-refractivity contribution in [2.24, 2.45) is 0 Å². The highest BCUT2D eigenvalue weighted by Crippen LogP contribution is 2.18. The first-order valence-electron chi connectivity index (χ1n) is 4.95. The lowest BCUT2D eigenvalue weighted by molar-refractivity contribution is -0.193. The van der Waals surface area contributed by atoms with Crippen LogP contribution in [0.3, 0.4) is 0 Å². The van der Waals surface area contributed by atoms with Crippen LogP contribution >= 0.6 is 0 Å². The SMILES string of the molecule is O=C(OC(=O)C(F)(F)F)c1cn(C2CNC2)cn1. The highest BCUT2D eigenvalue weighted by molar-refractivity contribution is 5.96.